The highest BCUT2D eigenvalue weighted by molar-refractivity contribution is 5.25. The molecule has 2 nitrogen and oxygen atoms in total. The third-order valence-corrected chi connectivity index (χ3v) is 2.72. The van der Waals surface area contributed by atoms with Crippen LogP contribution in [-0.2, 0) is 11.2 Å². The van der Waals surface area contributed by atoms with E-state index in [1.807, 2.05) is 31.2 Å². The van der Waals surface area contributed by atoms with Gasteiger partial charge in [0, 0.05) is 0 Å². The van der Waals surface area contributed by atoms with Gasteiger partial charge in [-0.05, 0) is 36.9 Å². The fourth-order valence-electron chi connectivity index (χ4n) is 1.70. The third kappa shape index (κ3) is 5.51. The lowest BCUT2D eigenvalue weighted by Crippen LogP contribution is -2.26. The zero-order valence-electron chi connectivity index (χ0n) is 10.3. The molecule has 0 bridgehead atoms. The minimum atomic E-state index is -4.28. The average molecular weight is 261 g/mol. The maximum absolute atomic E-state index is 11.9. The highest BCUT2D eigenvalue weighted by Gasteiger charge is 2.27. The van der Waals surface area contributed by atoms with E-state index in [0.29, 0.717) is 13.0 Å². The van der Waals surface area contributed by atoms with Crippen molar-refractivity contribution in [3.05, 3.63) is 35.4 Å². The number of alkyl halides is 3. The molecule has 0 amide bonds. The van der Waals surface area contributed by atoms with Crippen LogP contribution in [0.2, 0.25) is 0 Å². The molecule has 1 rings (SSSR count). The summed E-state index contributed by atoms with van der Waals surface area (Å²) in [5.74, 6) is -0.0894. The van der Waals surface area contributed by atoms with E-state index in [9.17, 15) is 13.2 Å². The average Bonchev–Trinajstić information content (AvgIpc) is 2.29. The summed E-state index contributed by atoms with van der Waals surface area (Å²) in [5, 5.41) is 0. The van der Waals surface area contributed by atoms with Crippen molar-refractivity contribution in [1.82, 2.24) is 0 Å². The molecule has 0 saturated carbocycles. The van der Waals surface area contributed by atoms with Crippen molar-refractivity contribution in [2.45, 2.75) is 19.5 Å². The van der Waals surface area contributed by atoms with E-state index in [-0.39, 0.29) is 12.5 Å². The van der Waals surface area contributed by atoms with Crippen LogP contribution in [0.3, 0.4) is 0 Å². The van der Waals surface area contributed by atoms with Crippen LogP contribution in [0.5, 0.6) is 0 Å². The Labute approximate surface area is 105 Å². The van der Waals surface area contributed by atoms with Crippen molar-refractivity contribution in [1.29, 1.82) is 0 Å². The summed E-state index contributed by atoms with van der Waals surface area (Å²) in [6, 6.07) is 7.77. The molecule has 102 valence electrons. The summed E-state index contributed by atoms with van der Waals surface area (Å²) >= 11 is 0. The SMILES string of the molecule is Cc1ccccc1CC(CN)COCC(F)(F)F. The smallest absolute Gasteiger partial charge is 0.372 e. The van der Waals surface area contributed by atoms with Crippen molar-refractivity contribution in [3.8, 4) is 0 Å². The van der Waals surface area contributed by atoms with Gasteiger partial charge in [0.15, 0.2) is 0 Å². The van der Waals surface area contributed by atoms with E-state index < -0.39 is 12.8 Å². The molecule has 2 N–H and O–H groups in total. The first-order valence-electron chi connectivity index (χ1n) is 5.81. The second-order valence-corrected chi connectivity index (χ2v) is 4.36. The Morgan fingerprint density at radius 1 is 1.28 bits per heavy atom. The highest BCUT2D eigenvalue weighted by Crippen LogP contribution is 2.17. The van der Waals surface area contributed by atoms with Gasteiger partial charge in [0.1, 0.15) is 6.61 Å². The molecule has 5 heteroatoms. The van der Waals surface area contributed by atoms with Gasteiger partial charge in [0.2, 0.25) is 0 Å². The molecule has 0 aliphatic rings. The van der Waals surface area contributed by atoms with Gasteiger partial charge in [0.25, 0.3) is 0 Å². The first kappa shape index (κ1) is 15.0. The molecule has 0 aliphatic carbocycles. The van der Waals surface area contributed by atoms with Crippen LogP contribution in [-0.4, -0.2) is 25.9 Å². The van der Waals surface area contributed by atoms with Crippen molar-refractivity contribution < 1.29 is 17.9 Å². The molecule has 1 aromatic carbocycles. The number of halogens is 3. The largest absolute Gasteiger partial charge is 0.411 e. The van der Waals surface area contributed by atoms with Gasteiger partial charge in [-0.2, -0.15) is 13.2 Å². The molecule has 0 fully saturated rings. The molecule has 1 atom stereocenters. The molecule has 0 aliphatic heterocycles. The van der Waals surface area contributed by atoms with Crippen molar-refractivity contribution in [2.24, 2.45) is 11.7 Å². The predicted octanol–water partition coefficient (Wildman–Crippen LogP) is 2.69. The van der Waals surface area contributed by atoms with E-state index in [1.54, 1.807) is 0 Å². The molecule has 0 heterocycles. The van der Waals surface area contributed by atoms with Crippen LogP contribution >= 0.6 is 0 Å². The van der Waals surface area contributed by atoms with Gasteiger partial charge in [-0.1, -0.05) is 24.3 Å². The van der Waals surface area contributed by atoms with Crippen molar-refractivity contribution in [3.63, 3.8) is 0 Å². The zero-order chi connectivity index (χ0) is 13.6. The number of aryl methyl sites for hydroxylation is 1. The van der Waals surface area contributed by atoms with Gasteiger partial charge in [-0.15, -0.1) is 0 Å². The summed E-state index contributed by atoms with van der Waals surface area (Å²) in [4.78, 5) is 0. The van der Waals surface area contributed by atoms with Crippen LogP contribution in [0, 0.1) is 12.8 Å². The molecule has 1 aromatic rings. The lowest BCUT2D eigenvalue weighted by molar-refractivity contribution is -0.176. The summed E-state index contributed by atoms with van der Waals surface area (Å²) in [7, 11) is 0. The molecule has 0 radical (unpaired) electrons. The number of hydrogen-bond donors (Lipinski definition) is 1. The standard InChI is InChI=1S/C13H18F3NO/c1-10-4-2-3-5-12(10)6-11(7-17)8-18-9-13(14,15)16/h2-5,11H,6-9,17H2,1H3. The Balaban J connectivity index is 2.45. The van der Waals surface area contributed by atoms with Crippen molar-refractivity contribution in [2.75, 3.05) is 19.8 Å². The normalized spacial score (nSPS) is 13.6. The van der Waals surface area contributed by atoms with Gasteiger partial charge in [-0.3, -0.25) is 0 Å². The predicted molar refractivity (Wildman–Crippen MR) is 64.3 cm³/mol. The zero-order valence-corrected chi connectivity index (χ0v) is 10.3. The van der Waals surface area contributed by atoms with E-state index in [0.717, 1.165) is 11.1 Å². The lowest BCUT2D eigenvalue weighted by Gasteiger charge is -2.17. The van der Waals surface area contributed by atoms with Crippen LogP contribution in [0.15, 0.2) is 24.3 Å². The fourth-order valence-corrected chi connectivity index (χ4v) is 1.70. The second-order valence-electron chi connectivity index (χ2n) is 4.36. The van der Waals surface area contributed by atoms with Gasteiger partial charge < -0.3 is 10.5 Å². The van der Waals surface area contributed by atoms with E-state index >= 15 is 0 Å². The molecule has 0 saturated heterocycles. The Hall–Kier alpha value is -1.07. The fraction of sp³-hybridized carbons (Fsp3) is 0.538. The van der Waals surface area contributed by atoms with Crippen LogP contribution < -0.4 is 5.73 Å². The van der Waals surface area contributed by atoms with Crippen LogP contribution in [0.4, 0.5) is 13.2 Å². The Morgan fingerprint density at radius 2 is 1.94 bits per heavy atom. The van der Waals surface area contributed by atoms with Crippen molar-refractivity contribution >= 4 is 0 Å². The van der Waals surface area contributed by atoms with Gasteiger partial charge >= 0.3 is 6.18 Å². The van der Waals surface area contributed by atoms with Crippen LogP contribution in [0.25, 0.3) is 0 Å². The quantitative estimate of drug-likeness (QED) is 0.854. The Bertz CT molecular complexity index is 365. The van der Waals surface area contributed by atoms with Crippen LogP contribution in [0.1, 0.15) is 11.1 Å². The highest BCUT2D eigenvalue weighted by atomic mass is 19.4. The monoisotopic (exact) mass is 261 g/mol. The number of benzene rings is 1. The molecule has 0 spiro atoms. The second kappa shape index (κ2) is 6.75. The minimum Gasteiger partial charge on any atom is -0.372 e. The Kier molecular flexibility index (Phi) is 5.62. The number of hydrogen-bond acceptors (Lipinski definition) is 2. The van der Waals surface area contributed by atoms with E-state index in [1.165, 1.54) is 0 Å². The maximum atomic E-state index is 11.9. The minimum absolute atomic E-state index is 0.0321. The molecule has 1 unspecified atom stereocenters. The first-order chi connectivity index (χ1) is 8.42. The first-order valence-corrected chi connectivity index (χ1v) is 5.81. The summed E-state index contributed by atoms with van der Waals surface area (Å²) in [5.41, 5.74) is 7.78. The maximum Gasteiger partial charge on any atom is 0.411 e. The molecular formula is C13H18F3NO. The number of nitrogens with two attached hydrogens (primary N) is 1. The topological polar surface area (TPSA) is 35.2 Å². The molecule has 18 heavy (non-hydrogen) atoms. The van der Waals surface area contributed by atoms with Gasteiger partial charge in [-0.25, -0.2) is 0 Å². The third-order valence-electron chi connectivity index (χ3n) is 2.72. The lowest BCUT2D eigenvalue weighted by atomic mass is 9.97. The summed E-state index contributed by atoms with van der Waals surface area (Å²) in [6.07, 6.45) is -3.64. The van der Waals surface area contributed by atoms with E-state index in [4.69, 9.17) is 5.73 Å². The Morgan fingerprint density at radius 3 is 2.50 bits per heavy atom. The molecule has 0 aromatic heterocycles. The summed E-state index contributed by atoms with van der Waals surface area (Å²) < 4.78 is 40.5. The number of rotatable bonds is 6. The van der Waals surface area contributed by atoms with Gasteiger partial charge in [0.05, 0.1) is 6.61 Å². The van der Waals surface area contributed by atoms with E-state index in [2.05, 4.69) is 4.74 Å². The number of ether oxygens (including phenoxy) is 1. The summed E-state index contributed by atoms with van der Waals surface area (Å²) in [6.45, 7) is 1.10. The molecular weight excluding hydrogens is 243 g/mol.